The molecule has 2 aromatic rings. The molecule has 1 atom stereocenters. The quantitative estimate of drug-likeness (QED) is 0.774. The SMILES string of the molecule is COc1ccc(C(CC(C)C)NC(=O)CCc2ccccc2)cc1. The van der Waals surface area contributed by atoms with Crippen LogP contribution in [0.25, 0.3) is 0 Å². The molecular formula is C21H27NO2. The first-order chi connectivity index (χ1) is 11.6. The molecule has 2 rings (SSSR count). The summed E-state index contributed by atoms with van der Waals surface area (Å²) in [5.74, 6) is 1.43. The van der Waals surface area contributed by atoms with Gasteiger partial charge in [-0.2, -0.15) is 0 Å². The second-order valence-corrected chi connectivity index (χ2v) is 6.51. The van der Waals surface area contributed by atoms with E-state index in [1.54, 1.807) is 7.11 Å². The van der Waals surface area contributed by atoms with Crippen LogP contribution in [0.4, 0.5) is 0 Å². The van der Waals surface area contributed by atoms with Crippen molar-refractivity contribution in [3.05, 3.63) is 65.7 Å². The summed E-state index contributed by atoms with van der Waals surface area (Å²) in [6.07, 6.45) is 2.20. The molecule has 0 spiro atoms. The predicted octanol–water partition coefficient (Wildman–Crippen LogP) is 4.53. The van der Waals surface area contributed by atoms with E-state index in [0.717, 1.165) is 24.2 Å². The highest BCUT2D eigenvalue weighted by molar-refractivity contribution is 5.76. The molecule has 0 bridgehead atoms. The van der Waals surface area contributed by atoms with Gasteiger partial charge in [0.1, 0.15) is 5.75 Å². The van der Waals surface area contributed by atoms with Gasteiger partial charge in [-0.1, -0.05) is 56.3 Å². The summed E-state index contributed by atoms with van der Waals surface area (Å²) >= 11 is 0. The Morgan fingerprint density at radius 1 is 1.04 bits per heavy atom. The van der Waals surface area contributed by atoms with Crippen molar-refractivity contribution in [3.8, 4) is 5.75 Å². The van der Waals surface area contributed by atoms with E-state index in [2.05, 4.69) is 31.3 Å². The topological polar surface area (TPSA) is 38.3 Å². The Kier molecular flexibility index (Phi) is 6.86. The fourth-order valence-electron chi connectivity index (χ4n) is 2.76. The van der Waals surface area contributed by atoms with Gasteiger partial charge >= 0.3 is 0 Å². The highest BCUT2D eigenvalue weighted by atomic mass is 16.5. The summed E-state index contributed by atoms with van der Waals surface area (Å²) in [5, 5.41) is 3.19. The summed E-state index contributed by atoms with van der Waals surface area (Å²) in [6.45, 7) is 4.35. The van der Waals surface area contributed by atoms with Gasteiger partial charge in [-0.25, -0.2) is 0 Å². The normalized spacial score (nSPS) is 12.0. The third kappa shape index (κ3) is 5.73. The van der Waals surface area contributed by atoms with E-state index in [9.17, 15) is 4.79 Å². The summed E-state index contributed by atoms with van der Waals surface area (Å²) in [7, 11) is 1.66. The molecule has 0 saturated heterocycles. The van der Waals surface area contributed by atoms with Gasteiger partial charge in [0.05, 0.1) is 13.2 Å². The van der Waals surface area contributed by atoms with Crippen LogP contribution in [-0.4, -0.2) is 13.0 Å². The Morgan fingerprint density at radius 2 is 1.71 bits per heavy atom. The molecule has 0 heterocycles. The number of hydrogen-bond acceptors (Lipinski definition) is 2. The van der Waals surface area contributed by atoms with Crippen molar-refractivity contribution in [2.24, 2.45) is 5.92 Å². The fourth-order valence-corrected chi connectivity index (χ4v) is 2.76. The van der Waals surface area contributed by atoms with E-state index in [1.807, 2.05) is 42.5 Å². The predicted molar refractivity (Wildman–Crippen MR) is 98.1 cm³/mol. The molecule has 1 unspecified atom stereocenters. The number of benzene rings is 2. The third-order valence-electron chi connectivity index (χ3n) is 4.04. The lowest BCUT2D eigenvalue weighted by atomic mass is 9.96. The van der Waals surface area contributed by atoms with Gasteiger partial charge in [-0.3, -0.25) is 4.79 Å². The van der Waals surface area contributed by atoms with Crippen LogP contribution in [0.1, 0.15) is 43.9 Å². The molecule has 3 heteroatoms. The average Bonchev–Trinajstić information content (AvgIpc) is 2.60. The first-order valence-corrected chi connectivity index (χ1v) is 8.55. The summed E-state index contributed by atoms with van der Waals surface area (Å²) in [6, 6.07) is 18.1. The average molecular weight is 325 g/mol. The zero-order valence-electron chi connectivity index (χ0n) is 14.8. The van der Waals surface area contributed by atoms with Crippen LogP contribution in [-0.2, 0) is 11.2 Å². The van der Waals surface area contributed by atoms with Crippen molar-refractivity contribution in [1.29, 1.82) is 0 Å². The first-order valence-electron chi connectivity index (χ1n) is 8.55. The van der Waals surface area contributed by atoms with Gasteiger partial charge in [0.25, 0.3) is 0 Å². The lowest BCUT2D eigenvalue weighted by Gasteiger charge is -2.21. The Morgan fingerprint density at radius 3 is 2.29 bits per heavy atom. The van der Waals surface area contributed by atoms with Crippen molar-refractivity contribution in [2.75, 3.05) is 7.11 Å². The molecule has 0 aliphatic carbocycles. The number of ether oxygens (including phenoxy) is 1. The standard InChI is InChI=1S/C21H27NO2/c1-16(2)15-20(18-10-12-19(24-3)13-11-18)22-21(23)14-9-17-7-5-4-6-8-17/h4-8,10-13,16,20H,9,14-15H2,1-3H3,(H,22,23). The van der Waals surface area contributed by atoms with Crippen molar-refractivity contribution in [1.82, 2.24) is 5.32 Å². The van der Waals surface area contributed by atoms with Crippen molar-refractivity contribution in [2.45, 2.75) is 39.2 Å². The highest BCUT2D eigenvalue weighted by Gasteiger charge is 2.16. The number of aryl methyl sites for hydroxylation is 1. The number of rotatable bonds is 8. The summed E-state index contributed by atoms with van der Waals surface area (Å²) < 4.78 is 5.21. The van der Waals surface area contributed by atoms with Gasteiger partial charge < -0.3 is 10.1 Å². The van der Waals surface area contributed by atoms with Crippen LogP contribution in [0.2, 0.25) is 0 Å². The Bertz CT molecular complexity index is 620. The van der Waals surface area contributed by atoms with E-state index >= 15 is 0 Å². The fraction of sp³-hybridized carbons (Fsp3) is 0.381. The maximum atomic E-state index is 12.4. The van der Waals surface area contributed by atoms with Gasteiger partial charge in [-0.15, -0.1) is 0 Å². The van der Waals surface area contributed by atoms with E-state index in [-0.39, 0.29) is 11.9 Å². The van der Waals surface area contributed by atoms with E-state index in [1.165, 1.54) is 5.56 Å². The van der Waals surface area contributed by atoms with Crippen molar-refractivity contribution >= 4 is 5.91 Å². The molecule has 3 nitrogen and oxygen atoms in total. The van der Waals surface area contributed by atoms with Gasteiger partial charge in [0.15, 0.2) is 0 Å². The van der Waals surface area contributed by atoms with Crippen LogP contribution < -0.4 is 10.1 Å². The minimum atomic E-state index is 0.0409. The lowest BCUT2D eigenvalue weighted by Crippen LogP contribution is -2.29. The van der Waals surface area contributed by atoms with E-state index < -0.39 is 0 Å². The maximum Gasteiger partial charge on any atom is 0.220 e. The van der Waals surface area contributed by atoms with Gasteiger partial charge in [-0.05, 0) is 42.0 Å². The maximum absolute atomic E-state index is 12.4. The van der Waals surface area contributed by atoms with E-state index in [4.69, 9.17) is 4.74 Å². The largest absolute Gasteiger partial charge is 0.497 e. The zero-order valence-corrected chi connectivity index (χ0v) is 14.8. The minimum Gasteiger partial charge on any atom is -0.497 e. The zero-order chi connectivity index (χ0) is 17.4. The highest BCUT2D eigenvalue weighted by Crippen LogP contribution is 2.23. The Labute approximate surface area is 145 Å². The molecule has 0 aliphatic rings. The van der Waals surface area contributed by atoms with Gasteiger partial charge in [0.2, 0.25) is 5.91 Å². The number of amides is 1. The molecule has 0 saturated carbocycles. The van der Waals surface area contributed by atoms with Crippen LogP contribution in [0, 0.1) is 5.92 Å². The smallest absolute Gasteiger partial charge is 0.220 e. The molecule has 2 aromatic carbocycles. The number of nitrogens with one attached hydrogen (secondary N) is 1. The molecule has 0 radical (unpaired) electrons. The molecule has 1 N–H and O–H groups in total. The monoisotopic (exact) mass is 325 g/mol. The van der Waals surface area contributed by atoms with Crippen LogP contribution >= 0.6 is 0 Å². The lowest BCUT2D eigenvalue weighted by molar-refractivity contribution is -0.121. The Hall–Kier alpha value is -2.29. The number of methoxy groups -OCH3 is 1. The van der Waals surface area contributed by atoms with Crippen LogP contribution in [0.5, 0.6) is 5.75 Å². The van der Waals surface area contributed by atoms with Gasteiger partial charge in [0, 0.05) is 6.42 Å². The number of carbonyl (C=O) groups excluding carboxylic acids is 1. The van der Waals surface area contributed by atoms with Crippen LogP contribution in [0.3, 0.4) is 0 Å². The second kappa shape index (κ2) is 9.11. The first kappa shape index (κ1) is 18.1. The number of carbonyl (C=O) groups is 1. The summed E-state index contributed by atoms with van der Waals surface area (Å²) in [5.41, 5.74) is 2.31. The third-order valence-corrected chi connectivity index (χ3v) is 4.04. The molecular weight excluding hydrogens is 298 g/mol. The molecule has 0 fully saturated rings. The second-order valence-electron chi connectivity index (χ2n) is 6.51. The molecule has 24 heavy (non-hydrogen) atoms. The Balaban J connectivity index is 1.97. The molecule has 128 valence electrons. The summed E-state index contributed by atoms with van der Waals surface area (Å²) in [4.78, 5) is 12.4. The molecule has 0 aromatic heterocycles. The molecule has 0 aliphatic heterocycles. The minimum absolute atomic E-state index is 0.0409. The van der Waals surface area contributed by atoms with Crippen molar-refractivity contribution in [3.63, 3.8) is 0 Å². The van der Waals surface area contributed by atoms with Crippen molar-refractivity contribution < 1.29 is 9.53 Å². The molecule has 1 amide bonds. The van der Waals surface area contributed by atoms with E-state index in [0.29, 0.717) is 12.3 Å². The van der Waals surface area contributed by atoms with Crippen LogP contribution in [0.15, 0.2) is 54.6 Å². The number of hydrogen-bond donors (Lipinski definition) is 1.